The molecule has 2 aliphatic heterocycles. The number of para-hydroxylation sites is 3. The second-order valence-corrected chi connectivity index (χ2v) is 7.99. The van der Waals surface area contributed by atoms with Gasteiger partial charge in [-0.05, 0) is 24.3 Å². The molecule has 5 rings (SSSR count). The molecule has 1 atom stereocenters. The number of piperazine rings is 1. The van der Waals surface area contributed by atoms with Crippen LogP contribution in [0.3, 0.4) is 0 Å². The summed E-state index contributed by atoms with van der Waals surface area (Å²) in [4.78, 5) is 21.7. The van der Waals surface area contributed by atoms with Crippen molar-refractivity contribution >= 4 is 32.6 Å². The Labute approximate surface area is 172 Å². The molecule has 7 nitrogen and oxygen atoms in total. The normalized spacial score (nSPS) is 18.7. The second-order valence-electron chi connectivity index (χ2n) is 6.98. The molecule has 1 fully saturated rings. The lowest BCUT2D eigenvalue weighted by molar-refractivity contribution is -0.141. The first-order chi connectivity index (χ1) is 14.2. The summed E-state index contributed by atoms with van der Waals surface area (Å²) in [6.45, 7) is 2.98. The molecule has 3 heterocycles. The molecule has 0 spiro atoms. The molecule has 3 aromatic rings. The summed E-state index contributed by atoms with van der Waals surface area (Å²) in [5.41, 5.74) is 0.889. The zero-order valence-corrected chi connectivity index (χ0v) is 16.9. The van der Waals surface area contributed by atoms with Gasteiger partial charge in [0, 0.05) is 26.2 Å². The summed E-state index contributed by atoms with van der Waals surface area (Å²) in [7, 11) is 1.66. The van der Waals surface area contributed by atoms with Crippen molar-refractivity contribution in [1.82, 2.24) is 9.88 Å². The highest BCUT2D eigenvalue weighted by atomic mass is 32.1. The standard InChI is InChI=1S/C21H21N3O4S/c1-26-16-7-4-8-18-19(16)22-21(29-18)24-11-9-23(10-12-24)20(25)17-13-27-14-5-2-3-6-15(14)28-17/h2-8,17H,9-13H2,1H3/t17-/m1/s1. The number of carbonyl (C=O) groups excluding carboxylic acids is 1. The lowest BCUT2D eigenvalue weighted by atomic mass is 10.2. The highest BCUT2D eigenvalue weighted by Crippen LogP contribution is 2.35. The number of rotatable bonds is 3. The number of nitrogens with zero attached hydrogens (tertiary/aromatic N) is 3. The Morgan fingerprint density at radius 3 is 2.69 bits per heavy atom. The van der Waals surface area contributed by atoms with E-state index in [1.807, 2.05) is 41.3 Å². The summed E-state index contributed by atoms with van der Waals surface area (Å²) in [5.74, 6) is 2.07. The van der Waals surface area contributed by atoms with Gasteiger partial charge in [0.05, 0.1) is 11.8 Å². The zero-order chi connectivity index (χ0) is 19.8. The number of carbonyl (C=O) groups is 1. The number of ether oxygens (including phenoxy) is 3. The summed E-state index contributed by atoms with van der Waals surface area (Å²) in [5, 5.41) is 0.961. The molecule has 1 saturated heterocycles. The lowest BCUT2D eigenvalue weighted by Gasteiger charge is -2.37. The van der Waals surface area contributed by atoms with E-state index in [4.69, 9.17) is 19.2 Å². The van der Waals surface area contributed by atoms with Crippen LogP contribution in [-0.2, 0) is 4.79 Å². The van der Waals surface area contributed by atoms with Gasteiger partial charge in [0.1, 0.15) is 17.9 Å². The minimum absolute atomic E-state index is 0.0230. The fourth-order valence-corrected chi connectivity index (χ4v) is 4.71. The van der Waals surface area contributed by atoms with Crippen LogP contribution < -0.4 is 19.1 Å². The Bertz CT molecular complexity index is 1050. The fourth-order valence-electron chi connectivity index (χ4n) is 3.67. The minimum Gasteiger partial charge on any atom is -0.494 e. The van der Waals surface area contributed by atoms with Crippen LogP contribution in [0, 0.1) is 0 Å². The van der Waals surface area contributed by atoms with Crippen LogP contribution in [-0.4, -0.2) is 61.8 Å². The van der Waals surface area contributed by atoms with Crippen molar-refractivity contribution in [3.05, 3.63) is 42.5 Å². The van der Waals surface area contributed by atoms with Crippen molar-refractivity contribution in [2.45, 2.75) is 6.10 Å². The maximum atomic E-state index is 12.9. The third kappa shape index (κ3) is 3.33. The molecule has 0 bridgehead atoms. The number of fused-ring (bicyclic) bond motifs is 2. The molecule has 150 valence electrons. The number of aromatic nitrogens is 1. The third-order valence-electron chi connectivity index (χ3n) is 5.24. The van der Waals surface area contributed by atoms with Crippen molar-refractivity contribution in [1.29, 1.82) is 0 Å². The number of hydrogen-bond donors (Lipinski definition) is 0. The van der Waals surface area contributed by atoms with Gasteiger partial charge in [-0.15, -0.1) is 0 Å². The summed E-state index contributed by atoms with van der Waals surface area (Å²) >= 11 is 1.65. The first kappa shape index (κ1) is 18.1. The van der Waals surface area contributed by atoms with Crippen LogP contribution in [0.15, 0.2) is 42.5 Å². The van der Waals surface area contributed by atoms with Gasteiger partial charge in [-0.2, -0.15) is 0 Å². The predicted molar refractivity (Wildman–Crippen MR) is 111 cm³/mol. The van der Waals surface area contributed by atoms with Gasteiger partial charge in [0.15, 0.2) is 16.6 Å². The van der Waals surface area contributed by atoms with Crippen molar-refractivity contribution in [2.75, 3.05) is 44.8 Å². The number of thiazole rings is 1. The zero-order valence-electron chi connectivity index (χ0n) is 16.0. The van der Waals surface area contributed by atoms with Gasteiger partial charge >= 0.3 is 0 Å². The third-order valence-corrected chi connectivity index (χ3v) is 6.32. The average Bonchev–Trinajstić information content (AvgIpc) is 3.23. The molecule has 8 heteroatoms. The maximum Gasteiger partial charge on any atom is 0.267 e. The van der Waals surface area contributed by atoms with Crippen LogP contribution in [0.1, 0.15) is 0 Å². The SMILES string of the molecule is COc1cccc2sc(N3CCN(C(=O)[C@H]4COc5ccccc5O4)CC3)nc12. The van der Waals surface area contributed by atoms with Crippen LogP contribution in [0.5, 0.6) is 17.2 Å². The smallest absolute Gasteiger partial charge is 0.267 e. The van der Waals surface area contributed by atoms with E-state index >= 15 is 0 Å². The van der Waals surface area contributed by atoms with Crippen LogP contribution in [0.25, 0.3) is 10.2 Å². The molecule has 0 radical (unpaired) electrons. The highest BCUT2D eigenvalue weighted by molar-refractivity contribution is 7.22. The number of anilines is 1. The molecule has 0 unspecified atom stereocenters. The van der Waals surface area contributed by atoms with E-state index in [1.165, 1.54) is 0 Å². The van der Waals surface area contributed by atoms with E-state index in [9.17, 15) is 4.79 Å². The monoisotopic (exact) mass is 411 g/mol. The highest BCUT2D eigenvalue weighted by Gasteiger charge is 2.33. The number of hydrogen-bond acceptors (Lipinski definition) is 7. The molecule has 0 aliphatic carbocycles. The van der Waals surface area contributed by atoms with Crippen LogP contribution in [0.2, 0.25) is 0 Å². The Morgan fingerprint density at radius 2 is 1.90 bits per heavy atom. The second kappa shape index (κ2) is 7.44. The molecule has 29 heavy (non-hydrogen) atoms. The van der Waals surface area contributed by atoms with E-state index in [1.54, 1.807) is 18.4 Å². The summed E-state index contributed by atoms with van der Waals surface area (Å²) in [6.07, 6.45) is -0.594. The maximum absolute atomic E-state index is 12.9. The van der Waals surface area contributed by atoms with Gasteiger partial charge in [0.2, 0.25) is 6.10 Å². The Morgan fingerprint density at radius 1 is 1.10 bits per heavy atom. The molecule has 1 amide bonds. The molecule has 2 aromatic carbocycles. The van der Waals surface area contributed by atoms with E-state index < -0.39 is 6.10 Å². The van der Waals surface area contributed by atoms with Crippen LogP contribution >= 0.6 is 11.3 Å². The molecule has 1 aromatic heterocycles. The first-order valence-electron chi connectivity index (χ1n) is 9.58. The van der Waals surface area contributed by atoms with Crippen molar-refractivity contribution in [3.8, 4) is 17.2 Å². The Hall–Kier alpha value is -3.00. The van der Waals surface area contributed by atoms with Gasteiger partial charge in [-0.3, -0.25) is 4.79 Å². The van der Waals surface area contributed by atoms with E-state index in [0.29, 0.717) is 24.6 Å². The predicted octanol–water partition coefficient (Wildman–Crippen LogP) is 2.79. The first-order valence-corrected chi connectivity index (χ1v) is 10.4. The summed E-state index contributed by atoms with van der Waals surface area (Å²) < 4.78 is 18.1. The Kier molecular flexibility index (Phi) is 4.63. The number of amides is 1. The van der Waals surface area contributed by atoms with Crippen molar-refractivity contribution in [3.63, 3.8) is 0 Å². The molecule has 0 N–H and O–H groups in total. The van der Waals surface area contributed by atoms with E-state index in [2.05, 4.69) is 11.0 Å². The van der Waals surface area contributed by atoms with Gasteiger partial charge in [-0.25, -0.2) is 4.98 Å². The lowest BCUT2D eigenvalue weighted by Crippen LogP contribution is -2.54. The number of benzene rings is 2. The molecular formula is C21H21N3O4S. The largest absolute Gasteiger partial charge is 0.494 e. The fraction of sp³-hybridized carbons (Fsp3) is 0.333. The Balaban J connectivity index is 1.24. The molecular weight excluding hydrogens is 390 g/mol. The van der Waals surface area contributed by atoms with E-state index in [0.717, 1.165) is 34.2 Å². The van der Waals surface area contributed by atoms with Gasteiger partial charge in [0.25, 0.3) is 5.91 Å². The summed E-state index contributed by atoms with van der Waals surface area (Å²) in [6, 6.07) is 13.4. The molecule has 0 saturated carbocycles. The van der Waals surface area contributed by atoms with E-state index in [-0.39, 0.29) is 12.5 Å². The minimum atomic E-state index is -0.594. The van der Waals surface area contributed by atoms with Gasteiger partial charge in [-0.1, -0.05) is 29.5 Å². The van der Waals surface area contributed by atoms with Crippen molar-refractivity contribution in [2.24, 2.45) is 0 Å². The molecule has 2 aliphatic rings. The number of methoxy groups -OCH3 is 1. The van der Waals surface area contributed by atoms with Crippen LogP contribution in [0.4, 0.5) is 5.13 Å². The van der Waals surface area contributed by atoms with Crippen molar-refractivity contribution < 1.29 is 19.0 Å². The topological polar surface area (TPSA) is 64.1 Å². The van der Waals surface area contributed by atoms with Gasteiger partial charge < -0.3 is 24.0 Å². The average molecular weight is 411 g/mol. The quantitative estimate of drug-likeness (QED) is 0.660.